The van der Waals surface area contributed by atoms with Gasteiger partial charge in [0, 0.05) is 69.9 Å². The van der Waals surface area contributed by atoms with Crippen LogP contribution in [0.4, 0.5) is 0 Å². The highest BCUT2D eigenvalue weighted by atomic mass is 32.2. The predicted molar refractivity (Wildman–Crippen MR) is 218 cm³/mol. The van der Waals surface area contributed by atoms with E-state index in [0.29, 0.717) is 76.8 Å². The number of ether oxygens (including phenoxy) is 2. The molecular weight excluding hydrogens is 819 g/mol. The van der Waals surface area contributed by atoms with E-state index in [1.165, 1.54) is 36.4 Å². The number of amides is 7. The maximum Gasteiger partial charge on any atom is 0.249 e. The highest BCUT2D eigenvalue weighted by Gasteiger charge is 2.54. The van der Waals surface area contributed by atoms with Crippen LogP contribution in [0.1, 0.15) is 89.9 Å². The molecule has 60 heavy (non-hydrogen) atoms. The zero-order valence-corrected chi connectivity index (χ0v) is 36.1. The lowest BCUT2D eigenvalue weighted by Crippen LogP contribution is -2.54. The number of nitrogens with one attached hydrogen (secondary N) is 4. The van der Waals surface area contributed by atoms with Gasteiger partial charge in [-0.15, -0.1) is 11.8 Å². The molecule has 0 aromatic carbocycles. The summed E-state index contributed by atoms with van der Waals surface area (Å²) in [6.07, 6.45) is 10.2. The van der Waals surface area contributed by atoms with Gasteiger partial charge >= 0.3 is 0 Å². The van der Waals surface area contributed by atoms with Crippen LogP contribution in [0.15, 0.2) is 0 Å². The van der Waals surface area contributed by atoms with Gasteiger partial charge in [-0.1, -0.05) is 19.3 Å². The summed E-state index contributed by atoms with van der Waals surface area (Å²) in [7, 11) is -3.42. The fourth-order valence-corrected chi connectivity index (χ4v) is 12.0. The highest BCUT2D eigenvalue weighted by molar-refractivity contribution is 8.00. The van der Waals surface area contributed by atoms with Crippen LogP contribution in [0.3, 0.4) is 0 Å². The molecule has 5 heterocycles. The van der Waals surface area contributed by atoms with Crippen LogP contribution in [0.25, 0.3) is 0 Å². The van der Waals surface area contributed by atoms with Crippen molar-refractivity contribution in [2.24, 2.45) is 29.6 Å². The summed E-state index contributed by atoms with van der Waals surface area (Å²) < 4.78 is 37.4. The van der Waals surface area contributed by atoms with Crippen molar-refractivity contribution in [2.75, 3.05) is 58.0 Å². The van der Waals surface area contributed by atoms with Crippen molar-refractivity contribution in [1.29, 1.82) is 0 Å². The number of thioether (sulfide) groups is 1. The molecule has 5 saturated heterocycles. The standard InChI is InChI=1S/C40H61N7O11S2/c1-60(55,56)46-15-13-26(21-46)35(50)41-30(36(51)44-40-42-31(23-59-40)25-6-3-2-4-7-25)14-17-57-16-5-8-34(49)45-19-24(20-45)22-58-27-9-10-28-29(18-27)39(54)47(38(28)53)32-11-12-33(48)43-37(32)52/h24-32,40,42H,2-23H2,1H3,(H,41,50)(H,44,51)(H,43,48,52)/t26?,27?,28?,29?,30-,31?,32?,40?/m0/s1. The average Bonchev–Trinajstić information content (AvgIpc) is 3.95. The van der Waals surface area contributed by atoms with Crippen molar-refractivity contribution in [2.45, 2.75) is 120 Å². The van der Waals surface area contributed by atoms with Crippen LogP contribution < -0.4 is 21.3 Å². The minimum absolute atomic E-state index is 0.0104. The van der Waals surface area contributed by atoms with Crippen molar-refractivity contribution in [1.82, 2.24) is 35.4 Å². The van der Waals surface area contributed by atoms with Gasteiger partial charge in [-0.05, 0) is 63.7 Å². The third-order valence-electron chi connectivity index (χ3n) is 13.5. The SMILES string of the molecule is CS(=O)(=O)N1CCC(C(=O)N[C@@H](CCOCCCC(=O)N2CC(COC3CCC4C(=O)N(C5CCC(=O)NC5=O)C(=O)C4C3)C2)C(=O)NC2NC(C3CCCCC3)CS2)C1. The Morgan fingerprint density at radius 1 is 0.933 bits per heavy atom. The largest absolute Gasteiger partial charge is 0.381 e. The lowest BCUT2D eigenvalue weighted by Gasteiger charge is -2.40. The topological polar surface area (TPSA) is 230 Å². The Labute approximate surface area is 356 Å². The second-order valence-electron chi connectivity index (χ2n) is 17.7. The molecule has 334 valence electrons. The van der Waals surface area contributed by atoms with Gasteiger partial charge in [-0.3, -0.25) is 49.1 Å². The fourth-order valence-electron chi connectivity index (χ4n) is 9.91. The number of hydrogen-bond acceptors (Lipinski definition) is 13. The van der Waals surface area contributed by atoms with E-state index in [-0.39, 0.29) is 86.0 Å². The number of carbonyl (C=O) groups excluding carboxylic acids is 7. The monoisotopic (exact) mass is 879 g/mol. The first-order valence-corrected chi connectivity index (χ1v) is 24.8. The molecule has 7 rings (SSSR count). The van der Waals surface area contributed by atoms with E-state index in [4.69, 9.17) is 9.47 Å². The van der Waals surface area contributed by atoms with E-state index < -0.39 is 51.7 Å². The number of rotatable bonds is 17. The summed E-state index contributed by atoms with van der Waals surface area (Å²) in [5.74, 6) is -2.26. The second-order valence-corrected chi connectivity index (χ2v) is 20.8. The van der Waals surface area contributed by atoms with E-state index in [2.05, 4.69) is 21.3 Å². The molecule has 18 nitrogen and oxygen atoms in total. The fraction of sp³-hybridized carbons (Fsp3) is 0.825. The minimum Gasteiger partial charge on any atom is -0.381 e. The van der Waals surface area contributed by atoms with Gasteiger partial charge in [0.2, 0.25) is 51.4 Å². The number of likely N-dealkylation sites (tertiary alicyclic amines) is 2. The van der Waals surface area contributed by atoms with Crippen molar-refractivity contribution in [3.8, 4) is 0 Å². The van der Waals surface area contributed by atoms with E-state index in [1.807, 2.05) is 0 Å². The van der Waals surface area contributed by atoms with E-state index in [0.717, 1.165) is 16.9 Å². The smallest absolute Gasteiger partial charge is 0.249 e. The van der Waals surface area contributed by atoms with Crippen LogP contribution in [0.2, 0.25) is 0 Å². The first-order chi connectivity index (χ1) is 28.7. The third-order valence-corrected chi connectivity index (χ3v) is 15.9. The Morgan fingerprint density at radius 2 is 1.70 bits per heavy atom. The van der Waals surface area contributed by atoms with Crippen LogP contribution in [-0.4, -0.2) is 152 Å². The van der Waals surface area contributed by atoms with Gasteiger partial charge in [0.25, 0.3) is 0 Å². The number of imide groups is 2. The quantitative estimate of drug-likeness (QED) is 0.112. The molecule has 0 aromatic rings. The number of carbonyl (C=O) groups is 7. The zero-order valence-electron chi connectivity index (χ0n) is 34.5. The minimum atomic E-state index is -3.42. The summed E-state index contributed by atoms with van der Waals surface area (Å²) >= 11 is 1.66. The molecule has 4 N–H and O–H groups in total. The van der Waals surface area contributed by atoms with E-state index >= 15 is 0 Å². The summed E-state index contributed by atoms with van der Waals surface area (Å²) in [4.78, 5) is 92.9. The maximum absolute atomic E-state index is 13.5. The molecule has 7 fully saturated rings. The van der Waals surface area contributed by atoms with Crippen molar-refractivity contribution < 1.29 is 51.5 Å². The Morgan fingerprint density at radius 3 is 2.43 bits per heavy atom. The predicted octanol–water partition coefficient (Wildman–Crippen LogP) is 0.0586. The van der Waals surface area contributed by atoms with E-state index in [9.17, 15) is 42.0 Å². The van der Waals surface area contributed by atoms with Crippen LogP contribution >= 0.6 is 11.8 Å². The van der Waals surface area contributed by atoms with E-state index in [1.54, 1.807) is 16.7 Å². The highest BCUT2D eigenvalue weighted by Crippen LogP contribution is 2.41. The summed E-state index contributed by atoms with van der Waals surface area (Å²) in [6, 6.07) is -1.48. The maximum atomic E-state index is 13.5. The Hall–Kier alpha value is -3.17. The van der Waals surface area contributed by atoms with Gasteiger partial charge in [0.1, 0.15) is 17.6 Å². The summed E-state index contributed by atoms with van der Waals surface area (Å²) in [5.41, 5.74) is -0.264. The van der Waals surface area contributed by atoms with Gasteiger partial charge in [-0.2, -0.15) is 0 Å². The molecule has 20 heteroatoms. The molecular formula is C40H61N7O11S2. The molecule has 2 aliphatic carbocycles. The van der Waals surface area contributed by atoms with Gasteiger partial charge < -0.3 is 25.0 Å². The molecule has 7 aliphatic rings. The van der Waals surface area contributed by atoms with Crippen molar-refractivity contribution in [3.05, 3.63) is 0 Å². The summed E-state index contributed by atoms with van der Waals surface area (Å²) in [6.45, 7) is 2.39. The van der Waals surface area contributed by atoms with Crippen molar-refractivity contribution >= 4 is 63.1 Å². The van der Waals surface area contributed by atoms with Crippen LogP contribution in [0, 0.1) is 29.6 Å². The first-order valence-electron chi connectivity index (χ1n) is 21.9. The molecule has 7 amide bonds. The molecule has 0 radical (unpaired) electrons. The first kappa shape index (κ1) is 44.9. The molecule has 2 saturated carbocycles. The molecule has 5 aliphatic heterocycles. The lowest BCUT2D eigenvalue weighted by atomic mass is 9.79. The molecule has 7 unspecified atom stereocenters. The van der Waals surface area contributed by atoms with Crippen molar-refractivity contribution in [3.63, 3.8) is 0 Å². The van der Waals surface area contributed by atoms with Crippen LogP contribution in [0.5, 0.6) is 0 Å². The zero-order chi connectivity index (χ0) is 42.6. The Bertz CT molecular complexity index is 1760. The lowest BCUT2D eigenvalue weighted by molar-refractivity contribution is -0.151. The molecule has 0 bridgehead atoms. The molecule has 0 aromatic heterocycles. The van der Waals surface area contributed by atoms with Gasteiger partial charge in [0.15, 0.2) is 0 Å². The number of nitrogens with zero attached hydrogens (tertiary/aromatic N) is 3. The van der Waals surface area contributed by atoms with Gasteiger partial charge in [0.05, 0.1) is 36.7 Å². The average molecular weight is 880 g/mol. The summed E-state index contributed by atoms with van der Waals surface area (Å²) in [5, 5.41) is 11.7. The Kier molecular flexibility index (Phi) is 14.9. The number of piperidine rings is 1. The number of hydrogen-bond donors (Lipinski definition) is 4. The number of sulfonamides is 1. The Balaban J connectivity index is 0.790. The number of fused-ring (bicyclic) bond motifs is 1. The third kappa shape index (κ3) is 10.9. The molecule has 0 spiro atoms. The normalized spacial score (nSPS) is 31.2. The van der Waals surface area contributed by atoms with Crippen LogP contribution in [-0.2, 0) is 53.1 Å². The molecule has 8 atom stereocenters. The van der Waals surface area contributed by atoms with Gasteiger partial charge in [-0.25, -0.2) is 12.7 Å². The second kappa shape index (κ2) is 19.9.